The fourth-order valence-corrected chi connectivity index (χ4v) is 3.13. The van der Waals surface area contributed by atoms with E-state index in [1.54, 1.807) is 50.4 Å². The summed E-state index contributed by atoms with van der Waals surface area (Å²) in [6, 6.07) is 12.4. The van der Waals surface area contributed by atoms with Crippen LogP contribution in [0.5, 0.6) is 5.75 Å². The quantitative estimate of drug-likeness (QED) is 0.415. The van der Waals surface area contributed by atoms with Gasteiger partial charge in [0, 0.05) is 17.3 Å². The van der Waals surface area contributed by atoms with Crippen LogP contribution in [-0.4, -0.2) is 34.9 Å². The highest BCUT2D eigenvalue weighted by Gasteiger charge is 2.18. The van der Waals surface area contributed by atoms with E-state index in [2.05, 4.69) is 10.4 Å². The molecule has 0 aliphatic carbocycles. The Balaban J connectivity index is 1.63. The Morgan fingerprint density at radius 2 is 1.81 bits per heavy atom. The van der Waals surface area contributed by atoms with Crippen LogP contribution in [0.15, 0.2) is 54.6 Å². The van der Waals surface area contributed by atoms with Crippen molar-refractivity contribution in [2.24, 2.45) is 0 Å². The molecule has 0 saturated heterocycles. The zero-order valence-corrected chi connectivity index (χ0v) is 18.4. The second kappa shape index (κ2) is 10.1. The molecule has 1 unspecified atom stereocenters. The average molecular weight is 458 g/mol. The molecule has 32 heavy (non-hydrogen) atoms. The van der Waals surface area contributed by atoms with Crippen molar-refractivity contribution >= 4 is 35.2 Å². The van der Waals surface area contributed by atoms with Gasteiger partial charge in [0.15, 0.2) is 6.10 Å². The smallest absolute Gasteiger partial charge is 0.331 e. The standard InChI is InChI=1S/C23H21ClFN3O4/c1-14-20(22(24)28(27-14)18-8-4-16(25)5-9-18)12-13-21(29)32-15(2)23(30)26-17-6-10-19(31-3)11-7-17/h4-13,15H,1-3H3,(H,26,30)/b13-12+. The number of aromatic nitrogens is 2. The zero-order chi connectivity index (χ0) is 23.3. The number of amides is 1. The first kappa shape index (κ1) is 23.0. The number of esters is 1. The maximum Gasteiger partial charge on any atom is 0.331 e. The van der Waals surface area contributed by atoms with E-state index >= 15 is 0 Å². The molecule has 1 aromatic heterocycles. The first-order chi connectivity index (χ1) is 15.3. The lowest BCUT2D eigenvalue weighted by molar-refractivity contribution is -0.148. The molecule has 1 amide bonds. The van der Waals surface area contributed by atoms with Gasteiger partial charge in [-0.05, 0) is 68.5 Å². The number of methoxy groups -OCH3 is 1. The maximum absolute atomic E-state index is 13.2. The van der Waals surface area contributed by atoms with Crippen LogP contribution in [0.4, 0.5) is 10.1 Å². The monoisotopic (exact) mass is 457 g/mol. The number of carbonyl (C=O) groups is 2. The molecule has 7 nitrogen and oxygen atoms in total. The molecule has 0 spiro atoms. The van der Waals surface area contributed by atoms with Crippen LogP contribution in [0.25, 0.3) is 11.8 Å². The first-order valence-electron chi connectivity index (χ1n) is 9.63. The van der Waals surface area contributed by atoms with Crippen LogP contribution in [0.1, 0.15) is 18.2 Å². The summed E-state index contributed by atoms with van der Waals surface area (Å²) >= 11 is 6.39. The van der Waals surface area contributed by atoms with Crippen molar-refractivity contribution in [1.82, 2.24) is 9.78 Å². The Kier molecular flexibility index (Phi) is 7.27. The van der Waals surface area contributed by atoms with Crippen LogP contribution >= 0.6 is 11.6 Å². The summed E-state index contributed by atoms with van der Waals surface area (Å²) in [4.78, 5) is 24.5. The summed E-state index contributed by atoms with van der Waals surface area (Å²) < 4.78 is 24.8. The third-order valence-electron chi connectivity index (χ3n) is 4.52. The maximum atomic E-state index is 13.2. The minimum absolute atomic E-state index is 0.253. The number of hydrogen-bond donors (Lipinski definition) is 1. The fraction of sp³-hybridized carbons (Fsp3) is 0.174. The molecule has 0 aliphatic rings. The molecule has 0 aliphatic heterocycles. The van der Waals surface area contributed by atoms with E-state index in [1.807, 2.05) is 0 Å². The highest BCUT2D eigenvalue weighted by atomic mass is 35.5. The SMILES string of the molecule is COc1ccc(NC(=O)C(C)OC(=O)/C=C/c2c(C)nn(-c3ccc(F)cc3)c2Cl)cc1. The molecule has 3 rings (SSSR count). The Morgan fingerprint density at radius 3 is 2.44 bits per heavy atom. The number of aryl methyl sites for hydroxylation is 1. The number of ether oxygens (including phenoxy) is 2. The number of nitrogens with zero attached hydrogens (tertiary/aromatic N) is 2. The Bertz CT molecular complexity index is 1140. The average Bonchev–Trinajstić information content (AvgIpc) is 3.06. The molecule has 3 aromatic rings. The van der Waals surface area contributed by atoms with Crippen LogP contribution < -0.4 is 10.1 Å². The van der Waals surface area contributed by atoms with Crippen molar-refractivity contribution in [2.75, 3.05) is 12.4 Å². The number of anilines is 1. The van der Waals surface area contributed by atoms with Gasteiger partial charge in [-0.25, -0.2) is 13.9 Å². The predicted octanol–water partition coefficient (Wildman–Crippen LogP) is 4.57. The number of halogens is 2. The van der Waals surface area contributed by atoms with E-state index in [1.165, 1.54) is 35.9 Å². The topological polar surface area (TPSA) is 82.4 Å². The summed E-state index contributed by atoms with van der Waals surface area (Å²) in [6.45, 7) is 3.19. The lowest BCUT2D eigenvalue weighted by Gasteiger charge is -2.12. The molecule has 0 fully saturated rings. The van der Waals surface area contributed by atoms with Gasteiger partial charge in [0.2, 0.25) is 0 Å². The van der Waals surface area contributed by atoms with Gasteiger partial charge in [-0.1, -0.05) is 11.6 Å². The highest BCUT2D eigenvalue weighted by Crippen LogP contribution is 2.25. The molecule has 1 heterocycles. The molecular weight excluding hydrogens is 437 g/mol. The predicted molar refractivity (Wildman–Crippen MR) is 119 cm³/mol. The van der Waals surface area contributed by atoms with Crippen LogP contribution in [-0.2, 0) is 14.3 Å². The summed E-state index contributed by atoms with van der Waals surface area (Å²) in [7, 11) is 1.55. The van der Waals surface area contributed by atoms with Gasteiger partial charge < -0.3 is 14.8 Å². The molecule has 0 bridgehead atoms. The second-order valence-electron chi connectivity index (χ2n) is 6.81. The number of hydrogen-bond acceptors (Lipinski definition) is 5. The minimum Gasteiger partial charge on any atom is -0.497 e. The Labute approximate surface area is 189 Å². The van der Waals surface area contributed by atoms with Gasteiger partial charge >= 0.3 is 5.97 Å². The Morgan fingerprint density at radius 1 is 1.16 bits per heavy atom. The van der Waals surface area contributed by atoms with Gasteiger partial charge in [-0.2, -0.15) is 5.10 Å². The van der Waals surface area contributed by atoms with Crippen LogP contribution in [0, 0.1) is 12.7 Å². The number of rotatable bonds is 7. The van der Waals surface area contributed by atoms with Crippen molar-refractivity contribution < 1.29 is 23.5 Å². The highest BCUT2D eigenvalue weighted by molar-refractivity contribution is 6.31. The number of carbonyl (C=O) groups excluding carboxylic acids is 2. The van der Waals surface area contributed by atoms with E-state index in [4.69, 9.17) is 21.1 Å². The third-order valence-corrected chi connectivity index (χ3v) is 4.89. The van der Waals surface area contributed by atoms with Gasteiger partial charge in [0.25, 0.3) is 5.91 Å². The van der Waals surface area contributed by atoms with Crippen molar-refractivity contribution in [3.05, 3.63) is 76.8 Å². The molecule has 2 aromatic carbocycles. The van der Waals surface area contributed by atoms with Crippen LogP contribution in [0.2, 0.25) is 5.15 Å². The van der Waals surface area contributed by atoms with Gasteiger partial charge in [0.05, 0.1) is 18.5 Å². The van der Waals surface area contributed by atoms with E-state index in [9.17, 15) is 14.0 Å². The summed E-state index contributed by atoms with van der Waals surface area (Å²) in [5.74, 6) is -0.909. The zero-order valence-electron chi connectivity index (χ0n) is 17.6. The van der Waals surface area contributed by atoms with Crippen LogP contribution in [0.3, 0.4) is 0 Å². The molecule has 1 atom stereocenters. The van der Waals surface area contributed by atoms with Crippen molar-refractivity contribution in [2.45, 2.75) is 20.0 Å². The largest absolute Gasteiger partial charge is 0.497 e. The molecule has 0 radical (unpaired) electrons. The Hall–Kier alpha value is -3.65. The third kappa shape index (κ3) is 5.53. The molecular formula is C23H21ClFN3O4. The van der Waals surface area contributed by atoms with Crippen molar-refractivity contribution in [1.29, 1.82) is 0 Å². The molecule has 0 saturated carbocycles. The van der Waals surface area contributed by atoms with Crippen molar-refractivity contribution in [3.8, 4) is 11.4 Å². The molecule has 9 heteroatoms. The summed E-state index contributed by atoms with van der Waals surface area (Å²) in [5, 5.41) is 7.23. The van der Waals surface area contributed by atoms with E-state index < -0.39 is 18.0 Å². The van der Waals surface area contributed by atoms with Gasteiger partial charge in [-0.3, -0.25) is 4.79 Å². The minimum atomic E-state index is -1.02. The van der Waals surface area contributed by atoms with E-state index in [0.717, 1.165) is 0 Å². The van der Waals surface area contributed by atoms with Gasteiger partial charge in [0.1, 0.15) is 16.7 Å². The molecule has 166 valence electrons. The number of nitrogens with one attached hydrogen (secondary N) is 1. The van der Waals surface area contributed by atoms with E-state index in [0.29, 0.717) is 28.4 Å². The second-order valence-corrected chi connectivity index (χ2v) is 7.17. The summed E-state index contributed by atoms with van der Waals surface area (Å²) in [5.41, 5.74) is 2.19. The van der Waals surface area contributed by atoms with Gasteiger partial charge in [-0.15, -0.1) is 0 Å². The number of benzene rings is 2. The molecule has 1 N–H and O–H groups in total. The normalized spacial score (nSPS) is 11.9. The van der Waals surface area contributed by atoms with E-state index in [-0.39, 0.29) is 11.0 Å². The summed E-state index contributed by atoms with van der Waals surface area (Å²) in [6.07, 6.45) is 1.61. The first-order valence-corrected chi connectivity index (χ1v) is 10.0. The van der Waals surface area contributed by atoms with Crippen molar-refractivity contribution in [3.63, 3.8) is 0 Å². The lowest BCUT2D eigenvalue weighted by atomic mass is 10.2. The lowest BCUT2D eigenvalue weighted by Crippen LogP contribution is -2.29. The fourth-order valence-electron chi connectivity index (χ4n) is 2.79.